The van der Waals surface area contributed by atoms with Crippen molar-refractivity contribution in [1.82, 2.24) is 0 Å². The third-order valence-corrected chi connectivity index (χ3v) is 9.61. The molecular formula is C27H36O6. The quantitative estimate of drug-likeness (QED) is 0.656. The number of ether oxygens (including phenoxy) is 3. The van der Waals surface area contributed by atoms with E-state index in [1.54, 1.807) is 7.11 Å². The van der Waals surface area contributed by atoms with Gasteiger partial charge in [-0.25, -0.2) is 0 Å². The zero-order valence-electron chi connectivity index (χ0n) is 20.0. The lowest BCUT2D eigenvalue weighted by Gasteiger charge is -2.50. The summed E-state index contributed by atoms with van der Waals surface area (Å²) in [5, 5.41) is 23.0. The fourth-order valence-corrected chi connectivity index (χ4v) is 7.19. The van der Waals surface area contributed by atoms with Crippen LogP contribution in [0, 0.1) is 22.7 Å². The van der Waals surface area contributed by atoms with Crippen LogP contribution in [0.4, 0.5) is 0 Å². The maximum absolute atomic E-state index is 13.6. The van der Waals surface area contributed by atoms with Crippen LogP contribution in [0.2, 0.25) is 0 Å². The molecule has 6 nitrogen and oxygen atoms in total. The first kappa shape index (κ1) is 23.0. The van der Waals surface area contributed by atoms with Crippen molar-refractivity contribution in [2.45, 2.75) is 83.1 Å². The molecule has 0 unspecified atom stereocenters. The summed E-state index contributed by atoms with van der Waals surface area (Å²) in [5.41, 5.74) is -1.01. The number of aliphatic hydroxyl groups is 2. The Morgan fingerprint density at radius 1 is 1.12 bits per heavy atom. The molecule has 4 fully saturated rings. The van der Waals surface area contributed by atoms with Gasteiger partial charge in [0.25, 0.3) is 0 Å². The second kappa shape index (κ2) is 7.64. The fourth-order valence-electron chi connectivity index (χ4n) is 7.19. The minimum absolute atomic E-state index is 0.0855. The molecule has 0 spiro atoms. The monoisotopic (exact) mass is 456 g/mol. The van der Waals surface area contributed by atoms with E-state index in [9.17, 15) is 15.0 Å². The predicted molar refractivity (Wildman–Crippen MR) is 123 cm³/mol. The van der Waals surface area contributed by atoms with Crippen LogP contribution < -0.4 is 4.74 Å². The van der Waals surface area contributed by atoms with Crippen molar-refractivity contribution in [2.24, 2.45) is 22.7 Å². The summed E-state index contributed by atoms with van der Waals surface area (Å²) in [6, 6.07) is 7.63. The third-order valence-electron chi connectivity index (χ3n) is 9.61. The number of rotatable bonds is 2. The Kier molecular flexibility index (Phi) is 5.33. The molecule has 2 bridgehead atoms. The smallest absolute Gasteiger partial charge is 0.184 e. The van der Waals surface area contributed by atoms with E-state index in [-0.39, 0.29) is 30.1 Å². The van der Waals surface area contributed by atoms with Gasteiger partial charge in [0.1, 0.15) is 11.4 Å². The standard InChI is InChI=1S/C27H36O6/c1-15-6-11-20(28)26(4)19(15)14-21(29)27(30)13-12-18(25(27,2)3)22-23(26)33-24(32-22)16-7-9-17(31-5)10-8-16/h7-10,18-20,22-24,28,30H,1,6,11-14H2,2-5H3/t18-,19-,20+,22-,23+,24-,26+,27-/m1/s1. The molecule has 180 valence electrons. The molecule has 1 aromatic rings. The number of methoxy groups -OCH3 is 1. The average molecular weight is 457 g/mol. The van der Waals surface area contributed by atoms with Crippen LogP contribution in [0.3, 0.4) is 0 Å². The molecule has 0 radical (unpaired) electrons. The predicted octanol–water partition coefficient (Wildman–Crippen LogP) is 3.95. The van der Waals surface area contributed by atoms with Gasteiger partial charge in [0.2, 0.25) is 0 Å². The molecule has 0 amide bonds. The number of carbonyl (C=O) groups is 1. The topological polar surface area (TPSA) is 85.2 Å². The van der Waals surface area contributed by atoms with Crippen molar-refractivity contribution >= 4 is 5.78 Å². The molecule has 1 saturated heterocycles. The van der Waals surface area contributed by atoms with Crippen LogP contribution in [0.15, 0.2) is 36.4 Å². The van der Waals surface area contributed by atoms with E-state index in [1.807, 2.05) is 45.0 Å². The second-order valence-corrected chi connectivity index (χ2v) is 11.2. The zero-order chi connectivity index (χ0) is 23.8. The molecule has 3 saturated carbocycles. The van der Waals surface area contributed by atoms with Crippen LogP contribution in [0.5, 0.6) is 5.75 Å². The van der Waals surface area contributed by atoms with Crippen molar-refractivity contribution in [1.29, 1.82) is 0 Å². The number of hydrogen-bond acceptors (Lipinski definition) is 6. The highest BCUT2D eigenvalue weighted by Crippen LogP contribution is 2.62. The molecule has 3 aliphatic carbocycles. The second-order valence-electron chi connectivity index (χ2n) is 11.2. The van der Waals surface area contributed by atoms with Crippen molar-refractivity contribution < 1.29 is 29.2 Å². The molecule has 8 atom stereocenters. The molecule has 6 heteroatoms. The van der Waals surface area contributed by atoms with E-state index >= 15 is 0 Å². The van der Waals surface area contributed by atoms with Crippen LogP contribution in [-0.4, -0.2) is 47.0 Å². The molecule has 1 heterocycles. The molecule has 5 rings (SSSR count). The number of hydrogen-bond donors (Lipinski definition) is 2. The van der Waals surface area contributed by atoms with Crippen molar-refractivity contribution in [3.05, 3.63) is 42.0 Å². The summed E-state index contributed by atoms with van der Waals surface area (Å²) in [4.78, 5) is 13.6. The fraction of sp³-hybridized carbons (Fsp3) is 0.667. The highest BCUT2D eigenvalue weighted by atomic mass is 16.7. The first-order valence-electron chi connectivity index (χ1n) is 12.1. The summed E-state index contributed by atoms with van der Waals surface area (Å²) < 4.78 is 18.6. The van der Waals surface area contributed by atoms with Gasteiger partial charge in [0, 0.05) is 22.8 Å². The van der Waals surface area contributed by atoms with Crippen molar-refractivity contribution in [2.75, 3.05) is 7.11 Å². The lowest BCUT2D eigenvalue weighted by molar-refractivity contribution is -0.156. The van der Waals surface area contributed by atoms with Gasteiger partial charge in [-0.15, -0.1) is 0 Å². The molecule has 4 aliphatic rings. The number of fused-ring (bicyclic) bond motifs is 6. The van der Waals surface area contributed by atoms with Crippen molar-refractivity contribution in [3.8, 4) is 5.75 Å². The Balaban J connectivity index is 1.62. The Labute approximate surface area is 195 Å². The lowest BCUT2D eigenvalue weighted by Crippen LogP contribution is -2.56. The van der Waals surface area contributed by atoms with Crippen LogP contribution in [0.1, 0.15) is 64.7 Å². The summed E-state index contributed by atoms with van der Waals surface area (Å²) in [5.74, 6) is 0.246. The number of aliphatic hydroxyl groups excluding tert-OH is 1. The number of allylic oxidation sites excluding steroid dienone is 1. The Hall–Kier alpha value is -1.73. The van der Waals surface area contributed by atoms with E-state index < -0.39 is 34.9 Å². The van der Waals surface area contributed by atoms with E-state index in [0.717, 1.165) is 16.9 Å². The summed E-state index contributed by atoms with van der Waals surface area (Å²) in [7, 11) is 1.63. The number of ketones is 1. The van der Waals surface area contributed by atoms with Crippen molar-refractivity contribution in [3.63, 3.8) is 0 Å². The Morgan fingerprint density at radius 3 is 2.48 bits per heavy atom. The minimum Gasteiger partial charge on any atom is -0.497 e. The SMILES string of the molecule is C=C1CC[C@H](O)[C@]2(C)[C@@H]1CC(=O)[C@]1(O)CC[C@H]([C@H]3O[C@@H](c4ccc(OC)cc4)O[C@@H]32)C1(C)C. The van der Waals surface area contributed by atoms with Gasteiger partial charge < -0.3 is 24.4 Å². The van der Waals surface area contributed by atoms with Gasteiger partial charge in [-0.1, -0.05) is 45.1 Å². The zero-order valence-corrected chi connectivity index (χ0v) is 20.0. The van der Waals surface area contributed by atoms with Gasteiger partial charge >= 0.3 is 0 Å². The van der Waals surface area contributed by atoms with E-state index in [0.29, 0.717) is 25.7 Å². The molecular weight excluding hydrogens is 420 g/mol. The summed E-state index contributed by atoms with van der Waals surface area (Å²) in [6.45, 7) is 10.3. The van der Waals surface area contributed by atoms with Gasteiger partial charge in [-0.2, -0.15) is 0 Å². The maximum Gasteiger partial charge on any atom is 0.184 e. The highest BCUT2D eigenvalue weighted by molar-refractivity contribution is 5.89. The maximum atomic E-state index is 13.6. The van der Waals surface area contributed by atoms with Gasteiger partial charge in [0.15, 0.2) is 12.1 Å². The van der Waals surface area contributed by atoms with E-state index in [4.69, 9.17) is 14.2 Å². The molecule has 0 aromatic heterocycles. The number of benzene rings is 1. The van der Waals surface area contributed by atoms with Gasteiger partial charge in [0.05, 0.1) is 25.4 Å². The first-order chi connectivity index (χ1) is 15.5. The summed E-state index contributed by atoms with van der Waals surface area (Å²) >= 11 is 0. The van der Waals surface area contributed by atoms with Crippen LogP contribution >= 0.6 is 0 Å². The minimum atomic E-state index is -1.42. The molecule has 1 aromatic carbocycles. The number of carbonyl (C=O) groups excluding carboxylic acids is 1. The van der Waals surface area contributed by atoms with E-state index in [1.165, 1.54) is 0 Å². The van der Waals surface area contributed by atoms with E-state index in [2.05, 4.69) is 6.58 Å². The Morgan fingerprint density at radius 2 is 1.82 bits per heavy atom. The molecule has 33 heavy (non-hydrogen) atoms. The first-order valence-corrected chi connectivity index (χ1v) is 12.1. The van der Waals surface area contributed by atoms with Gasteiger partial charge in [-0.05, 0) is 49.7 Å². The van der Waals surface area contributed by atoms with Gasteiger partial charge in [-0.3, -0.25) is 4.79 Å². The largest absolute Gasteiger partial charge is 0.497 e. The lowest BCUT2D eigenvalue weighted by atomic mass is 9.58. The average Bonchev–Trinajstić information content (AvgIpc) is 3.33. The molecule has 2 N–H and O–H groups in total. The normalized spacial score (nSPS) is 44.4. The number of Topliss-reactive ketones (excluding diaryl/α,β-unsaturated/α-hetero) is 1. The van der Waals surface area contributed by atoms with Crippen LogP contribution in [-0.2, 0) is 14.3 Å². The van der Waals surface area contributed by atoms with Crippen LogP contribution in [0.25, 0.3) is 0 Å². The Bertz CT molecular complexity index is 954. The molecule has 1 aliphatic heterocycles. The highest BCUT2D eigenvalue weighted by Gasteiger charge is 2.67. The summed E-state index contributed by atoms with van der Waals surface area (Å²) in [6.07, 6.45) is 0.469. The third kappa shape index (κ3) is 3.10.